The van der Waals surface area contributed by atoms with Gasteiger partial charge in [-0.1, -0.05) is 18.2 Å². The number of ketones is 1. The second-order valence-corrected chi connectivity index (χ2v) is 4.69. The summed E-state index contributed by atoms with van der Waals surface area (Å²) in [6.07, 6.45) is 7.91. The SMILES string of the molecule is C=CCCCCCOc1cccc2c1CCC2=O. The van der Waals surface area contributed by atoms with Crippen molar-refractivity contribution in [3.8, 4) is 5.75 Å². The summed E-state index contributed by atoms with van der Waals surface area (Å²) in [6.45, 7) is 4.45. The van der Waals surface area contributed by atoms with Crippen LogP contribution in [0.25, 0.3) is 0 Å². The predicted octanol–water partition coefficient (Wildman–Crippen LogP) is 3.94. The van der Waals surface area contributed by atoms with Crippen LogP contribution in [0.5, 0.6) is 5.75 Å². The molecular formula is C16H20O2. The number of ether oxygens (including phenoxy) is 1. The molecule has 0 N–H and O–H groups in total. The number of hydrogen-bond donors (Lipinski definition) is 0. The molecule has 1 aliphatic carbocycles. The number of carbonyl (C=O) groups is 1. The van der Waals surface area contributed by atoms with E-state index in [4.69, 9.17) is 4.74 Å². The fourth-order valence-corrected chi connectivity index (χ4v) is 2.34. The minimum atomic E-state index is 0.251. The summed E-state index contributed by atoms with van der Waals surface area (Å²) in [5, 5.41) is 0. The Morgan fingerprint density at radius 1 is 1.22 bits per heavy atom. The van der Waals surface area contributed by atoms with E-state index in [-0.39, 0.29) is 5.78 Å². The summed E-state index contributed by atoms with van der Waals surface area (Å²) in [5.41, 5.74) is 1.97. The van der Waals surface area contributed by atoms with Crippen LogP contribution in [-0.4, -0.2) is 12.4 Å². The molecule has 0 amide bonds. The number of fused-ring (bicyclic) bond motifs is 1. The minimum absolute atomic E-state index is 0.251. The van der Waals surface area contributed by atoms with Gasteiger partial charge in [-0.25, -0.2) is 0 Å². The zero-order chi connectivity index (χ0) is 12.8. The van der Waals surface area contributed by atoms with Gasteiger partial charge in [0.25, 0.3) is 0 Å². The molecule has 0 saturated carbocycles. The molecule has 18 heavy (non-hydrogen) atoms. The van der Waals surface area contributed by atoms with E-state index >= 15 is 0 Å². The highest BCUT2D eigenvalue weighted by molar-refractivity contribution is 6.01. The van der Waals surface area contributed by atoms with Crippen LogP contribution >= 0.6 is 0 Å². The van der Waals surface area contributed by atoms with Gasteiger partial charge >= 0.3 is 0 Å². The molecule has 0 aromatic heterocycles. The Morgan fingerprint density at radius 2 is 2.11 bits per heavy atom. The first-order valence-corrected chi connectivity index (χ1v) is 6.71. The van der Waals surface area contributed by atoms with E-state index in [1.54, 1.807) is 0 Å². The van der Waals surface area contributed by atoms with Crippen molar-refractivity contribution in [2.45, 2.75) is 38.5 Å². The first kappa shape index (κ1) is 12.9. The van der Waals surface area contributed by atoms with E-state index in [0.717, 1.165) is 42.7 Å². The summed E-state index contributed by atoms with van der Waals surface area (Å²) < 4.78 is 5.80. The van der Waals surface area contributed by atoms with E-state index in [1.165, 1.54) is 12.8 Å². The molecule has 0 aliphatic heterocycles. The van der Waals surface area contributed by atoms with E-state index in [2.05, 4.69) is 6.58 Å². The molecule has 1 aliphatic rings. The molecule has 0 unspecified atom stereocenters. The number of Topliss-reactive ketones (excluding diaryl/α,β-unsaturated/α-hetero) is 1. The molecule has 1 aromatic rings. The molecule has 2 heteroatoms. The van der Waals surface area contributed by atoms with E-state index in [0.29, 0.717) is 6.42 Å². The van der Waals surface area contributed by atoms with Crippen LogP contribution in [0, 0.1) is 0 Å². The summed E-state index contributed by atoms with van der Waals surface area (Å²) in [6, 6.07) is 5.79. The van der Waals surface area contributed by atoms with E-state index in [1.807, 2.05) is 24.3 Å². The summed E-state index contributed by atoms with van der Waals surface area (Å²) in [7, 11) is 0. The monoisotopic (exact) mass is 244 g/mol. The van der Waals surface area contributed by atoms with E-state index in [9.17, 15) is 4.79 Å². The number of carbonyl (C=O) groups excluding carboxylic acids is 1. The first-order valence-electron chi connectivity index (χ1n) is 6.71. The Morgan fingerprint density at radius 3 is 2.94 bits per heavy atom. The second kappa shape index (κ2) is 6.39. The van der Waals surface area contributed by atoms with Crippen molar-refractivity contribution in [3.63, 3.8) is 0 Å². The smallest absolute Gasteiger partial charge is 0.163 e. The number of hydrogen-bond acceptors (Lipinski definition) is 2. The lowest BCUT2D eigenvalue weighted by Gasteiger charge is -2.09. The highest BCUT2D eigenvalue weighted by atomic mass is 16.5. The van der Waals surface area contributed by atoms with Crippen LogP contribution in [0.1, 0.15) is 48.0 Å². The van der Waals surface area contributed by atoms with Gasteiger partial charge in [0.15, 0.2) is 5.78 Å². The number of allylic oxidation sites excluding steroid dienone is 1. The van der Waals surface area contributed by atoms with Gasteiger partial charge in [0, 0.05) is 17.5 Å². The van der Waals surface area contributed by atoms with Crippen molar-refractivity contribution in [1.82, 2.24) is 0 Å². The highest BCUT2D eigenvalue weighted by Gasteiger charge is 2.22. The largest absolute Gasteiger partial charge is 0.493 e. The standard InChI is InChI=1S/C16H20O2/c1-2-3-4-5-6-12-18-16-9-7-8-13-14(16)10-11-15(13)17/h2,7-9H,1,3-6,10-12H2. The quantitative estimate of drug-likeness (QED) is 0.536. The lowest BCUT2D eigenvalue weighted by molar-refractivity contribution is 0.0994. The summed E-state index contributed by atoms with van der Waals surface area (Å²) >= 11 is 0. The molecule has 1 aromatic carbocycles. The molecule has 2 rings (SSSR count). The van der Waals surface area contributed by atoms with Gasteiger partial charge in [-0.3, -0.25) is 4.79 Å². The Hall–Kier alpha value is -1.57. The number of benzene rings is 1. The molecule has 2 nitrogen and oxygen atoms in total. The zero-order valence-electron chi connectivity index (χ0n) is 10.8. The van der Waals surface area contributed by atoms with Crippen molar-refractivity contribution >= 4 is 5.78 Å². The maximum atomic E-state index is 11.6. The lowest BCUT2D eigenvalue weighted by atomic mass is 10.1. The molecule has 0 saturated heterocycles. The van der Waals surface area contributed by atoms with E-state index < -0.39 is 0 Å². The van der Waals surface area contributed by atoms with Crippen LogP contribution in [0.3, 0.4) is 0 Å². The molecule has 0 atom stereocenters. The fraction of sp³-hybridized carbons (Fsp3) is 0.438. The molecule has 0 spiro atoms. The van der Waals surface area contributed by atoms with Gasteiger partial charge in [-0.2, -0.15) is 0 Å². The van der Waals surface area contributed by atoms with Gasteiger partial charge in [-0.15, -0.1) is 6.58 Å². The third-order valence-corrected chi connectivity index (χ3v) is 3.35. The first-order chi connectivity index (χ1) is 8.83. The summed E-state index contributed by atoms with van der Waals surface area (Å²) in [4.78, 5) is 11.6. The molecule has 0 heterocycles. The van der Waals surface area contributed by atoms with Crippen LogP contribution in [0.4, 0.5) is 0 Å². The fourth-order valence-electron chi connectivity index (χ4n) is 2.34. The van der Waals surface area contributed by atoms with Crippen LogP contribution in [0.2, 0.25) is 0 Å². The third-order valence-electron chi connectivity index (χ3n) is 3.35. The molecule has 96 valence electrons. The van der Waals surface area contributed by atoms with Crippen molar-refractivity contribution in [2.24, 2.45) is 0 Å². The second-order valence-electron chi connectivity index (χ2n) is 4.69. The summed E-state index contributed by atoms with van der Waals surface area (Å²) in [5.74, 6) is 1.16. The van der Waals surface area contributed by atoms with Gasteiger partial charge in [0.1, 0.15) is 5.75 Å². The van der Waals surface area contributed by atoms with Crippen molar-refractivity contribution < 1.29 is 9.53 Å². The average Bonchev–Trinajstić information content (AvgIpc) is 2.77. The third kappa shape index (κ3) is 3.00. The van der Waals surface area contributed by atoms with Crippen molar-refractivity contribution in [1.29, 1.82) is 0 Å². The van der Waals surface area contributed by atoms with Crippen LogP contribution in [0.15, 0.2) is 30.9 Å². The van der Waals surface area contributed by atoms with Gasteiger partial charge in [-0.05, 0) is 38.2 Å². The lowest BCUT2D eigenvalue weighted by Crippen LogP contribution is -2.00. The topological polar surface area (TPSA) is 26.3 Å². The van der Waals surface area contributed by atoms with Crippen LogP contribution < -0.4 is 4.74 Å². The van der Waals surface area contributed by atoms with Gasteiger partial charge in [0.05, 0.1) is 6.61 Å². The van der Waals surface area contributed by atoms with Crippen molar-refractivity contribution in [3.05, 3.63) is 42.0 Å². The Balaban J connectivity index is 1.83. The highest BCUT2D eigenvalue weighted by Crippen LogP contribution is 2.30. The predicted molar refractivity (Wildman–Crippen MR) is 73.3 cm³/mol. The normalized spacial score (nSPS) is 13.4. The van der Waals surface area contributed by atoms with Gasteiger partial charge in [0.2, 0.25) is 0 Å². The molecular weight excluding hydrogens is 224 g/mol. The van der Waals surface area contributed by atoms with Crippen molar-refractivity contribution in [2.75, 3.05) is 6.61 Å². The molecule has 0 radical (unpaired) electrons. The molecule has 0 fully saturated rings. The Bertz CT molecular complexity index is 435. The Labute approximate surface area is 109 Å². The number of rotatable bonds is 7. The maximum absolute atomic E-state index is 11.6. The van der Waals surface area contributed by atoms with Gasteiger partial charge < -0.3 is 4.74 Å². The molecule has 0 bridgehead atoms. The average molecular weight is 244 g/mol. The Kier molecular flexibility index (Phi) is 4.57. The van der Waals surface area contributed by atoms with Crippen LogP contribution in [-0.2, 0) is 6.42 Å². The zero-order valence-corrected chi connectivity index (χ0v) is 10.8. The minimum Gasteiger partial charge on any atom is -0.493 e. The maximum Gasteiger partial charge on any atom is 0.163 e. The number of unbranched alkanes of at least 4 members (excludes halogenated alkanes) is 3.